The lowest BCUT2D eigenvalue weighted by molar-refractivity contribution is 0.0683. The minimum Gasteiger partial charge on any atom is -0.380 e. The molecule has 0 spiro atoms. The normalized spacial score (nSPS) is 22.4. The zero-order chi connectivity index (χ0) is 14.1. The molecule has 0 aliphatic carbocycles. The number of carbonyl (C=O) groups is 1. The highest BCUT2D eigenvalue weighted by Gasteiger charge is 2.38. The standard InChI is InChI=1S/C12H16N6O2/c1-7-9(4-14-16-7)12(19)18-5-8(20-2)3-10(18)11-13-6-15-17-11/h4,6,8,10H,3,5H2,1-2H3,(H,14,16)(H,13,15,17)/t8-,10+/m1/s1. The Balaban J connectivity index is 1.90. The summed E-state index contributed by atoms with van der Waals surface area (Å²) >= 11 is 0. The van der Waals surface area contributed by atoms with Crippen molar-refractivity contribution in [2.24, 2.45) is 0 Å². The van der Waals surface area contributed by atoms with Gasteiger partial charge in [0.25, 0.3) is 5.91 Å². The third kappa shape index (κ3) is 2.07. The summed E-state index contributed by atoms with van der Waals surface area (Å²) in [6.07, 6.45) is 3.70. The fourth-order valence-electron chi connectivity index (χ4n) is 2.55. The van der Waals surface area contributed by atoms with Gasteiger partial charge in [0.05, 0.1) is 23.9 Å². The fourth-order valence-corrected chi connectivity index (χ4v) is 2.55. The molecular formula is C12H16N6O2. The van der Waals surface area contributed by atoms with Crippen LogP contribution in [0.1, 0.15) is 34.3 Å². The van der Waals surface area contributed by atoms with E-state index < -0.39 is 0 Å². The number of hydrogen-bond acceptors (Lipinski definition) is 5. The smallest absolute Gasteiger partial charge is 0.258 e. The van der Waals surface area contributed by atoms with Crippen LogP contribution in [0.2, 0.25) is 0 Å². The summed E-state index contributed by atoms with van der Waals surface area (Å²) in [7, 11) is 1.65. The van der Waals surface area contributed by atoms with Crippen LogP contribution < -0.4 is 0 Å². The van der Waals surface area contributed by atoms with Gasteiger partial charge in [-0.25, -0.2) is 4.98 Å². The van der Waals surface area contributed by atoms with Gasteiger partial charge >= 0.3 is 0 Å². The summed E-state index contributed by atoms with van der Waals surface area (Å²) < 4.78 is 5.39. The van der Waals surface area contributed by atoms with E-state index in [2.05, 4.69) is 25.4 Å². The first kappa shape index (κ1) is 12.8. The maximum atomic E-state index is 12.6. The average Bonchev–Trinajstić information content (AvgIpc) is 3.17. The predicted octanol–water partition coefficient (Wildman–Crippen LogP) is 0.438. The Hall–Kier alpha value is -2.22. The van der Waals surface area contributed by atoms with Gasteiger partial charge in [0.2, 0.25) is 0 Å². The number of hydrogen-bond donors (Lipinski definition) is 2. The minimum atomic E-state index is -0.149. The molecule has 0 unspecified atom stereocenters. The molecule has 0 aromatic carbocycles. The number of aryl methyl sites for hydroxylation is 1. The first-order valence-electron chi connectivity index (χ1n) is 6.39. The van der Waals surface area contributed by atoms with Crippen LogP contribution in [0, 0.1) is 6.92 Å². The van der Waals surface area contributed by atoms with Crippen molar-refractivity contribution in [3.63, 3.8) is 0 Å². The fraction of sp³-hybridized carbons (Fsp3) is 0.500. The van der Waals surface area contributed by atoms with Crippen LogP contribution in [0.4, 0.5) is 0 Å². The third-order valence-electron chi connectivity index (χ3n) is 3.67. The van der Waals surface area contributed by atoms with E-state index in [-0.39, 0.29) is 18.1 Å². The molecule has 106 valence electrons. The molecular weight excluding hydrogens is 260 g/mol. The zero-order valence-corrected chi connectivity index (χ0v) is 11.3. The van der Waals surface area contributed by atoms with Crippen LogP contribution in [0.25, 0.3) is 0 Å². The van der Waals surface area contributed by atoms with Crippen LogP contribution >= 0.6 is 0 Å². The highest BCUT2D eigenvalue weighted by atomic mass is 16.5. The van der Waals surface area contributed by atoms with E-state index in [0.717, 1.165) is 5.69 Å². The van der Waals surface area contributed by atoms with Crippen molar-refractivity contribution in [2.75, 3.05) is 13.7 Å². The summed E-state index contributed by atoms with van der Waals surface area (Å²) in [4.78, 5) is 18.6. The molecule has 1 aliphatic rings. The topological polar surface area (TPSA) is 99.8 Å². The van der Waals surface area contributed by atoms with Gasteiger partial charge in [0, 0.05) is 25.8 Å². The second-order valence-electron chi connectivity index (χ2n) is 4.85. The van der Waals surface area contributed by atoms with Gasteiger partial charge in [-0.05, 0) is 6.92 Å². The Morgan fingerprint density at radius 1 is 1.45 bits per heavy atom. The quantitative estimate of drug-likeness (QED) is 0.847. The largest absolute Gasteiger partial charge is 0.380 e. The molecule has 2 aromatic rings. The summed E-state index contributed by atoms with van der Waals surface area (Å²) in [5.74, 6) is 0.608. The summed E-state index contributed by atoms with van der Waals surface area (Å²) in [6, 6.07) is -0.149. The van der Waals surface area contributed by atoms with Crippen molar-refractivity contribution in [1.82, 2.24) is 30.3 Å². The van der Waals surface area contributed by atoms with Gasteiger partial charge in [-0.3, -0.25) is 15.0 Å². The zero-order valence-electron chi connectivity index (χ0n) is 11.3. The summed E-state index contributed by atoms with van der Waals surface area (Å²) in [5, 5.41) is 13.4. The molecule has 1 amide bonds. The van der Waals surface area contributed by atoms with Crippen LogP contribution in [0.15, 0.2) is 12.5 Å². The number of amides is 1. The first-order valence-corrected chi connectivity index (χ1v) is 6.39. The van der Waals surface area contributed by atoms with E-state index in [1.165, 1.54) is 6.33 Å². The Kier molecular flexibility index (Phi) is 3.23. The highest BCUT2D eigenvalue weighted by Crippen LogP contribution is 2.32. The Bertz CT molecular complexity index is 593. The molecule has 2 atom stereocenters. The number of aromatic nitrogens is 5. The van der Waals surface area contributed by atoms with Gasteiger partial charge in [0.1, 0.15) is 12.2 Å². The predicted molar refractivity (Wildman–Crippen MR) is 68.9 cm³/mol. The number of rotatable bonds is 3. The second kappa shape index (κ2) is 5.04. The number of nitrogens with zero attached hydrogens (tertiary/aromatic N) is 4. The van der Waals surface area contributed by atoms with Gasteiger partial charge < -0.3 is 9.64 Å². The highest BCUT2D eigenvalue weighted by molar-refractivity contribution is 5.95. The number of likely N-dealkylation sites (tertiary alicyclic amines) is 1. The molecule has 8 heteroatoms. The monoisotopic (exact) mass is 276 g/mol. The molecule has 2 N–H and O–H groups in total. The number of nitrogens with one attached hydrogen (secondary N) is 2. The SMILES string of the molecule is CO[C@@H]1C[C@@H](c2ncn[nH]2)N(C(=O)c2cn[nH]c2C)C1. The number of aromatic amines is 2. The first-order chi connectivity index (χ1) is 9.70. The number of carbonyl (C=O) groups excluding carboxylic acids is 1. The van der Waals surface area contributed by atoms with Gasteiger partial charge in [-0.1, -0.05) is 0 Å². The maximum absolute atomic E-state index is 12.6. The van der Waals surface area contributed by atoms with Gasteiger partial charge in [-0.2, -0.15) is 10.2 Å². The Labute approximate surface area is 115 Å². The van der Waals surface area contributed by atoms with Crippen molar-refractivity contribution in [3.8, 4) is 0 Å². The molecule has 8 nitrogen and oxygen atoms in total. The lowest BCUT2D eigenvalue weighted by Gasteiger charge is -2.22. The van der Waals surface area contributed by atoms with Crippen molar-refractivity contribution in [3.05, 3.63) is 29.6 Å². The van der Waals surface area contributed by atoms with Crippen LogP contribution in [0.3, 0.4) is 0 Å². The summed E-state index contributed by atoms with van der Waals surface area (Å²) in [6.45, 7) is 2.36. The molecule has 2 aromatic heterocycles. The molecule has 1 aliphatic heterocycles. The number of ether oxygens (including phenoxy) is 1. The molecule has 1 fully saturated rings. The van der Waals surface area contributed by atoms with Crippen LogP contribution in [-0.2, 0) is 4.74 Å². The van der Waals surface area contributed by atoms with Crippen molar-refractivity contribution in [1.29, 1.82) is 0 Å². The lowest BCUT2D eigenvalue weighted by Crippen LogP contribution is -2.32. The van der Waals surface area contributed by atoms with E-state index in [9.17, 15) is 4.79 Å². The minimum absolute atomic E-state index is 0.00116. The van der Waals surface area contributed by atoms with E-state index >= 15 is 0 Å². The molecule has 3 rings (SSSR count). The van der Waals surface area contributed by atoms with Crippen molar-refractivity contribution < 1.29 is 9.53 Å². The summed E-state index contributed by atoms with van der Waals surface area (Å²) in [5.41, 5.74) is 1.33. The second-order valence-corrected chi connectivity index (χ2v) is 4.85. The van der Waals surface area contributed by atoms with Crippen LogP contribution in [0.5, 0.6) is 0 Å². The molecule has 0 saturated carbocycles. The average molecular weight is 276 g/mol. The lowest BCUT2D eigenvalue weighted by atomic mass is 10.1. The van der Waals surface area contributed by atoms with Crippen molar-refractivity contribution in [2.45, 2.75) is 25.5 Å². The van der Waals surface area contributed by atoms with E-state index in [0.29, 0.717) is 24.4 Å². The van der Waals surface area contributed by atoms with Gasteiger partial charge in [0.15, 0.2) is 0 Å². The molecule has 1 saturated heterocycles. The van der Waals surface area contributed by atoms with E-state index in [1.54, 1.807) is 18.2 Å². The number of H-pyrrole nitrogens is 2. The maximum Gasteiger partial charge on any atom is 0.258 e. The van der Waals surface area contributed by atoms with Crippen LogP contribution in [-0.4, -0.2) is 55.9 Å². The van der Waals surface area contributed by atoms with Gasteiger partial charge in [-0.15, -0.1) is 0 Å². The molecule has 20 heavy (non-hydrogen) atoms. The molecule has 0 bridgehead atoms. The van der Waals surface area contributed by atoms with E-state index in [4.69, 9.17) is 4.74 Å². The Morgan fingerprint density at radius 3 is 2.90 bits per heavy atom. The molecule has 0 radical (unpaired) electrons. The number of methoxy groups -OCH3 is 1. The van der Waals surface area contributed by atoms with E-state index in [1.807, 2.05) is 6.92 Å². The Morgan fingerprint density at radius 2 is 2.30 bits per heavy atom. The molecule has 3 heterocycles. The van der Waals surface area contributed by atoms with Crippen molar-refractivity contribution >= 4 is 5.91 Å². The third-order valence-corrected chi connectivity index (χ3v) is 3.67.